The molecule has 0 unspecified atom stereocenters. The summed E-state index contributed by atoms with van der Waals surface area (Å²) in [7, 11) is -4.21. The number of halogens is 4. The van der Waals surface area contributed by atoms with Crippen molar-refractivity contribution in [2.24, 2.45) is 0 Å². The summed E-state index contributed by atoms with van der Waals surface area (Å²) in [4.78, 5) is 13.7. The van der Waals surface area contributed by atoms with Gasteiger partial charge in [0.25, 0.3) is 5.91 Å². The summed E-state index contributed by atoms with van der Waals surface area (Å²) in [5.74, 6) is -0.603. The summed E-state index contributed by atoms with van der Waals surface area (Å²) in [6.45, 7) is 1.80. The summed E-state index contributed by atoms with van der Waals surface area (Å²) in [5.41, 5.74) is -0.232. The van der Waals surface area contributed by atoms with Crippen molar-refractivity contribution in [1.82, 2.24) is 9.21 Å². The molecular formula is C20H20ClF3N2O4S. The third-order valence-electron chi connectivity index (χ3n) is 5.11. The Hall–Kier alpha value is -2.30. The Bertz CT molecular complexity index is 1100. The molecule has 31 heavy (non-hydrogen) atoms. The number of rotatable bonds is 4. The molecule has 0 bridgehead atoms. The van der Waals surface area contributed by atoms with Gasteiger partial charge < -0.3 is 10.0 Å². The van der Waals surface area contributed by atoms with E-state index in [4.69, 9.17) is 11.6 Å². The van der Waals surface area contributed by atoms with Crippen molar-refractivity contribution in [2.45, 2.75) is 24.4 Å². The topological polar surface area (TPSA) is 77.9 Å². The van der Waals surface area contributed by atoms with Crippen LogP contribution in [0.3, 0.4) is 0 Å². The molecular weight excluding hydrogens is 457 g/mol. The molecule has 0 aromatic heterocycles. The molecule has 11 heteroatoms. The van der Waals surface area contributed by atoms with E-state index in [1.54, 1.807) is 12.1 Å². The van der Waals surface area contributed by atoms with Crippen molar-refractivity contribution in [3.05, 3.63) is 58.1 Å². The van der Waals surface area contributed by atoms with Gasteiger partial charge in [0.05, 0.1) is 21.0 Å². The normalized spacial score (nSPS) is 15.8. The van der Waals surface area contributed by atoms with Crippen LogP contribution in [0.5, 0.6) is 5.75 Å². The van der Waals surface area contributed by atoms with Crippen LogP contribution in [0.1, 0.15) is 28.4 Å². The highest BCUT2D eigenvalue weighted by Crippen LogP contribution is 2.36. The lowest BCUT2D eigenvalue weighted by Crippen LogP contribution is -2.50. The van der Waals surface area contributed by atoms with Crippen molar-refractivity contribution < 1.29 is 31.5 Å². The van der Waals surface area contributed by atoms with Gasteiger partial charge in [0.1, 0.15) is 5.75 Å². The van der Waals surface area contributed by atoms with E-state index in [-0.39, 0.29) is 37.5 Å². The lowest BCUT2D eigenvalue weighted by molar-refractivity contribution is -0.137. The Morgan fingerprint density at radius 1 is 1.10 bits per heavy atom. The van der Waals surface area contributed by atoms with Crippen LogP contribution in [0.4, 0.5) is 13.2 Å². The van der Waals surface area contributed by atoms with Crippen LogP contribution in [-0.2, 0) is 22.6 Å². The van der Waals surface area contributed by atoms with Gasteiger partial charge in [0.2, 0.25) is 10.0 Å². The fourth-order valence-corrected chi connectivity index (χ4v) is 4.98. The first-order valence-corrected chi connectivity index (χ1v) is 11.2. The average Bonchev–Trinajstić information content (AvgIpc) is 2.73. The van der Waals surface area contributed by atoms with Gasteiger partial charge in [0.15, 0.2) is 0 Å². The quantitative estimate of drug-likeness (QED) is 0.728. The second-order valence-electron chi connectivity index (χ2n) is 7.04. The van der Waals surface area contributed by atoms with Gasteiger partial charge in [-0.05, 0) is 42.3 Å². The standard InChI is InChI=1S/C20H20ClF3N2O4S/c1-2-13-3-6-18(27)15(11-13)19(28)25-7-9-26(10-8-25)31(29,30)14-4-5-17(21)16(12-14)20(22,23)24/h3-6,11-12,27H,2,7-10H2,1H3. The van der Waals surface area contributed by atoms with Gasteiger partial charge in [-0.15, -0.1) is 0 Å². The Labute approximate surface area is 182 Å². The first-order valence-electron chi connectivity index (χ1n) is 9.43. The number of phenolic OH excluding ortho intramolecular Hbond substituents is 1. The number of piperazine rings is 1. The molecule has 1 saturated heterocycles. The molecule has 1 heterocycles. The van der Waals surface area contributed by atoms with Gasteiger partial charge in [-0.2, -0.15) is 17.5 Å². The minimum atomic E-state index is -4.79. The van der Waals surface area contributed by atoms with Crippen LogP contribution in [-0.4, -0.2) is 54.8 Å². The number of benzene rings is 2. The molecule has 1 fully saturated rings. The van der Waals surface area contributed by atoms with Gasteiger partial charge in [-0.3, -0.25) is 4.79 Å². The van der Waals surface area contributed by atoms with Gasteiger partial charge in [0, 0.05) is 26.2 Å². The number of amides is 1. The lowest BCUT2D eigenvalue weighted by atomic mass is 10.1. The Kier molecular flexibility index (Phi) is 6.54. The van der Waals surface area contributed by atoms with Crippen molar-refractivity contribution in [1.29, 1.82) is 0 Å². The van der Waals surface area contributed by atoms with Gasteiger partial charge in [-0.1, -0.05) is 24.6 Å². The molecule has 0 saturated carbocycles. The number of aryl methyl sites for hydroxylation is 1. The SMILES string of the molecule is CCc1ccc(O)c(C(=O)N2CCN(S(=O)(=O)c3ccc(Cl)c(C(F)(F)F)c3)CC2)c1. The number of sulfonamides is 1. The first kappa shape index (κ1) is 23.4. The molecule has 1 aliphatic heterocycles. The number of alkyl halides is 3. The summed E-state index contributed by atoms with van der Waals surface area (Å²) >= 11 is 5.57. The van der Waals surface area contributed by atoms with Crippen molar-refractivity contribution in [2.75, 3.05) is 26.2 Å². The van der Waals surface area contributed by atoms with Crippen LogP contribution in [0.25, 0.3) is 0 Å². The number of carbonyl (C=O) groups excluding carboxylic acids is 1. The maximum atomic E-state index is 13.1. The molecule has 1 amide bonds. The lowest BCUT2D eigenvalue weighted by Gasteiger charge is -2.34. The smallest absolute Gasteiger partial charge is 0.417 e. The first-order chi connectivity index (χ1) is 14.4. The summed E-state index contributed by atoms with van der Waals surface area (Å²) in [6.07, 6.45) is -4.11. The van der Waals surface area contributed by atoms with Gasteiger partial charge in [-0.25, -0.2) is 8.42 Å². The van der Waals surface area contributed by atoms with E-state index < -0.39 is 37.6 Å². The number of hydrogen-bond donors (Lipinski definition) is 1. The van der Waals surface area contributed by atoms with Crippen LogP contribution >= 0.6 is 11.6 Å². The van der Waals surface area contributed by atoms with E-state index in [0.717, 1.165) is 22.0 Å². The minimum absolute atomic E-state index is 0.0353. The van der Waals surface area contributed by atoms with Gasteiger partial charge >= 0.3 is 6.18 Å². The van der Waals surface area contributed by atoms with Crippen LogP contribution in [0.15, 0.2) is 41.3 Å². The Morgan fingerprint density at radius 2 is 1.74 bits per heavy atom. The van der Waals surface area contributed by atoms with Crippen molar-refractivity contribution in [3.8, 4) is 5.75 Å². The Balaban J connectivity index is 1.77. The second kappa shape index (κ2) is 8.68. The highest BCUT2D eigenvalue weighted by molar-refractivity contribution is 7.89. The fraction of sp³-hybridized carbons (Fsp3) is 0.350. The molecule has 6 nitrogen and oxygen atoms in total. The number of carbonyl (C=O) groups is 1. The molecule has 1 N–H and O–H groups in total. The molecule has 0 radical (unpaired) electrons. The highest BCUT2D eigenvalue weighted by Gasteiger charge is 2.36. The second-order valence-corrected chi connectivity index (χ2v) is 9.39. The van der Waals surface area contributed by atoms with Crippen LogP contribution in [0, 0.1) is 0 Å². The van der Waals surface area contributed by atoms with Crippen molar-refractivity contribution in [3.63, 3.8) is 0 Å². The number of nitrogens with zero attached hydrogens (tertiary/aromatic N) is 2. The zero-order valence-corrected chi connectivity index (χ0v) is 18.1. The van der Waals surface area contributed by atoms with Crippen molar-refractivity contribution >= 4 is 27.5 Å². The molecule has 168 valence electrons. The van der Waals surface area contributed by atoms with E-state index in [2.05, 4.69) is 0 Å². The van der Waals surface area contributed by atoms with E-state index in [0.29, 0.717) is 12.5 Å². The number of aromatic hydroxyl groups is 1. The molecule has 3 rings (SSSR count). The number of phenols is 1. The monoisotopic (exact) mass is 476 g/mol. The molecule has 1 aliphatic rings. The summed E-state index contributed by atoms with van der Waals surface area (Å²) in [6, 6.07) is 7.18. The zero-order chi connectivity index (χ0) is 23.0. The molecule has 0 aliphatic carbocycles. The number of hydrogen-bond acceptors (Lipinski definition) is 4. The minimum Gasteiger partial charge on any atom is -0.507 e. The molecule has 2 aromatic rings. The third-order valence-corrected chi connectivity index (χ3v) is 7.33. The fourth-order valence-electron chi connectivity index (χ4n) is 3.31. The molecule has 2 aromatic carbocycles. The molecule has 0 atom stereocenters. The summed E-state index contributed by atoms with van der Waals surface area (Å²) < 4.78 is 66.0. The van der Waals surface area contributed by atoms with E-state index in [1.807, 2.05) is 6.92 Å². The van der Waals surface area contributed by atoms with Crippen LogP contribution in [0.2, 0.25) is 5.02 Å². The molecule has 0 spiro atoms. The largest absolute Gasteiger partial charge is 0.507 e. The maximum absolute atomic E-state index is 13.1. The average molecular weight is 477 g/mol. The maximum Gasteiger partial charge on any atom is 0.417 e. The highest BCUT2D eigenvalue weighted by atomic mass is 35.5. The Morgan fingerprint density at radius 3 is 2.32 bits per heavy atom. The van der Waals surface area contributed by atoms with E-state index >= 15 is 0 Å². The third kappa shape index (κ3) is 4.81. The predicted octanol–water partition coefficient (Wildman–Crippen LogP) is 3.77. The van der Waals surface area contributed by atoms with Crippen LogP contribution < -0.4 is 0 Å². The summed E-state index contributed by atoms with van der Waals surface area (Å²) in [5, 5.41) is 9.43. The zero-order valence-electron chi connectivity index (χ0n) is 16.5. The van der Waals surface area contributed by atoms with E-state index in [1.165, 1.54) is 11.0 Å². The van der Waals surface area contributed by atoms with E-state index in [9.17, 15) is 31.5 Å². The predicted molar refractivity (Wildman–Crippen MR) is 109 cm³/mol.